The van der Waals surface area contributed by atoms with E-state index >= 15 is 0 Å². The van der Waals surface area contributed by atoms with E-state index in [0.29, 0.717) is 6.54 Å². The van der Waals surface area contributed by atoms with Crippen LogP contribution in [0, 0.1) is 6.92 Å². The Morgan fingerprint density at radius 3 is 2.89 bits per heavy atom. The molecule has 0 radical (unpaired) electrons. The number of benzene rings is 1. The predicted octanol–water partition coefficient (Wildman–Crippen LogP) is 1.57. The number of carbonyl (C=O) groups excluding carboxylic acids is 1. The Balaban J connectivity index is 2.34. The SMILES string of the molecule is Cc1ccc2c(c1)c1c(n2CCO)C(=O)N(C)CC1. The van der Waals surface area contributed by atoms with E-state index in [4.69, 9.17) is 0 Å². The predicted molar refractivity (Wildman–Crippen MR) is 74.4 cm³/mol. The van der Waals surface area contributed by atoms with Crippen LogP contribution in [-0.2, 0) is 13.0 Å². The third-order valence-electron chi connectivity index (χ3n) is 3.89. The van der Waals surface area contributed by atoms with E-state index in [1.54, 1.807) is 4.90 Å². The van der Waals surface area contributed by atoms with Gasteiger partial charge < -0.3 is 14.6 Å². The van der Waals surface area contributed by atoms with Crippen molar-refractivity contribution >= 4 is 16.8 Å². The summed E-state index contributed by atoms with van der Waals surface area (Å²) in [6, 6.07) is 6.24. The summed E-state index contributed by atoms with van der Waals surface area (Å²) in [5, 5.41) is 10.4. The highest BCUT2D eigenvalue weighted by Gasteiger charge is 2.28. The second kappa shape index (κ2) is 4.38. The molecule has 4 nitrogen and oxygen atoms in total. The molecular weight excluding hydrogens is 240 g/mol. The van der Waals surface area contributed by atoms with Crippen molar-refractivity contribution in [3.63, 3.8) is 0 Å². The molecular formula is C15H18N2O2. The van der Waals surface area contributed by atoms with Crippen molar-refractivity contribution in [1.29, 1.82) is 0 Å². The molecule has 3 rings (SSSR count). The van der Waals surface area contributed by atoms with E-state index in [2.05, 4.69) is 19.1 Å². The zero-order chi connectivity index (χ0) is 13.6. The second-order valence-electron chi connectivity index (χ2n) is 5.20. The maximum absolute atomic E-state index is 12.4. The first kappa shape index (κ1) is 12.2. The van der Waals surface area contributed by atoms with Crippen molar-refractivity contribution in [1.82, 2.24) is 9.47 Å². The van der Waals surface area contributed by atoms with Crippen LogP contribution in [0.1, 0.15) is 21.6 Å². The number of aliphatic hydroxyl groups is 1. The molecule has 0 saturated heterocycles. The van der Waals surface area contributed by atoms with Crippen LogP contribution in [0.25, 0.3) is 10.9 Å². The van der Waals surface area contributed by atoms with E-state index < -0.39 is 0 Å². The molecule has 19 heavy (non-hydrogen) atoms. The van der Waals surface area contributed by atoms with Gasteiger partial charge in [0.25, 0.3) is 5.91 Å². The van der Waals surface area contributed by atoms with Gasteiger partial charge in [0.2, 0.25) is 0 Å². The molecule has 4 heteroatoms. The van der Waals surface area contributed by atoms with Gasteiger partial charge >= 0.3 is 0 Å². The standard InChI is InChI=1S/C15H18N2O2/c1-10-3-4-13-12(9-10)11-5-6-16(2)15(19)14(11)17(13)7-8-18/h3-4,9,18H,5-8H2,1-2H3. The number of likely N-dealkylation sites (N-methyl/N-ethyl adjacent to an activating group) is 1. The fourth-order valence-corrected chi connectivity index (χ4v) is 2.93. The largest absolute Gasteiger partial charge is 0.395 e. The van der Waals surface area contributed by atoms with Crippen LogP contribution in [0.15, 0.2) is 18.2 Å². The molecule has 0 saturated carbocycles. The molecule has 1 aliphatic rings. The Morgan fingerprint density at radius 2 is 2.16 bits per heavy atom. The Hall–Kier alpha value is -1.81. The lowest BCUT2D eigenvalue weighted by Gasteiger charge is -2.24. The number of carbonyl (C=O) groups is 1. The van der Waals surface area contributed by atoms with Crippen molar-refractivity contribution in [3.05, 3.63) is 35.0 Å². The van der Waals surface area contributed by atoms with Gasteiger partial charge in [0.05, 0.1) is 6.61 Å². The molecule has 0 atom stereocenters. The van der Waals surface area contributed by atoms with Crippen LogP contribution in [0.3, 0.4) is 0 Å². The molecule has 2 heterocycles. The van der Waals surface area contributed by atoms with Crippen LogP contribution in [0.2, 0.25) is 0 Å². The molecule has 0 bridgehead atoms. The number of amides is 1. The van der Waals surface area contributed by atoms with Crippen molar-refractivity contribution in [2.24, 2.45) is 0 Å². The smallest absolute Gasteiger partial charge is 0.270 e. The number of hydrogen-bond donors (Lipinski definition) is 1. The minimum Gasteiger partial charge on any atom is -0.395 e. The summed E-state index contributed by atoms with van der Waals surface area (Å²) in [6.45, 7) is 3.33. The Bertz CT molecular complexity index is 658. The lowest BCUT2D eigenvalue weighted by atomic mass is 10.0. The highest BCUT2D eigenvalue weighted by Crippen LogP contribution is 2.31. The van der Waals surface area contributed by atoms with Crippen molar-refractivity contribution in [2.75, 3.05) is 20.2 Å². The minimum atomic E-state index is 0.0427. The molecule has 1 N–H and O–H groups in total. The zero-order valence-electron chi connectivity index (χ0n) is 11.3. The van der Waals surface area contributed by atoms with Crippen LogP contribution in [-0.4, -0.2) is 40.7 Å². The number of nitrogens with zero attached hydrogens (tertiary/aromatic N) is 2. The fourth-order valence-electron chi connectivity index (χ4n) is 2.93. The molecule has 1 aromatic carbocycles. The molecule has 0 aliphatic carbocycles. The summed E-state index contributed by atoms with van der Waals surface area (Å²) < 4.78 is 1.96. The first-order valence-corrected chi connectivity index (χ1v) is 6.61. The zero-order valence-corrected chi connectivity index (χ0v) is 11.3. The van der Waals surface area contributed by atoms with Crippen molar-refractivity contribution in [3.8, 4) is 0 Å². The third kappa shape index (κ3) is 1.75. The van der Waals surface area contributed by atoms with Crippen LogP contribution < -0.4 is 0 Å². The van der Waals surface area contributed by atoms with E-state index in [1.165, 1.54) is 5.56 Å². The van der Waals surface area contributed by atoms with Gasteiger partial charge in [-0.2, -0.15) is 0 Å². The van der Waals surface area contributed by atoms with Crippen LogP contribution in [0.5, 0.6) is 0 Å². The third-order valence-corrected chi connectivity index (χ3v) is 3.89. The van der Waals surface area contributed by atoms with Crippen molar-refractivity contribution in [2.45, 2.75) is 19.9 Å². The lowest BCUT2D eigenvalue weighted by molar-refractivity contribution is 0.0769. The first-order chi connectivity index (χ1) is 9.13. The van der Waals surface area contributed by atoms with E-state index in [-0.39, 0.29) is 12.5 Å². The maximum Gasteiger partial charge on any atom is 0.270 e. The molecule has 1 aliphatic heterocycles. The first-order valence-electron chi connectivity index (χ1n) is 6.61. The summed E-state index contributed by atoms with van der Waals surface area (Å²) >= 11 is 0. The summed E-state index contributed by atoms with van der Waals surface area (Å²) in [6.07, 6.45) is 0.885. The lowest BCUT2D eigenvalue weighted by Crippen LogP contribution is -2.35. The minimum absolute atomic E-state index is 0.0427. The van der Waals surface area contributed by atoms with E-state index in [9.17, 15) is 9.90 Å². The average Bonchev–Trinajstić information content (AvgIpc) is 2.69. The van der Waals surface area contributed by atoms with Gasteiger partial charge in [-0.1, -0.05) is 11.6 Å². The summed E-state index contributed by atoms with van der Waals surface area (Å²) in [5.41, 5.74) is 4.13. The number of rotatable bonds is 2. The average molecular weight is 258 g/mol. The van der Waals surface area contributed by atoms with Crippen LogP contribution >= 0.6 is 0 Å². The van der Waals surface area contributed by atoms with Gasteiger partial charge in [-0.25, -0.2) is 0 Å². The fraction of sp³-hybridized carbons (Fsp3) is 0.400. The van der Waals surface area contributed by atoms with E-state index in [1.807, 2.05) is 17.7 Å². The van der Waals surface area contributed by atoms with Gasteiger partial charge in [-0.15, -0.1) is 0 Å². The molecule has 1 aromatic heterocycles. The molecule has 2 aromatic rings. The number of hydrogen-bond acceptors (Lipinski definition) is 2. The van der Waals surface area contributed by atoms with Gasteiger partial charge in [0, 0.05) is 31.0 Å². The number of aliphatic hydroxyl groups excluding tert-OH is 1. The highest BCUT2D eigenvalue weighted by atomic mass is 16.3. The summed E-state index contributed by atoms with van der Waals surface area (Å²) in [5.74, 6) is 0.0588. The Kier molecular flexibility index (Phi) is 2.82. The highest BCUT2D eigenvalue weighted by molar-refractivity contribution is 6.03. The number of fused-ring (bicyclic) bond motifs is 3. The van der Waals surface area contributed by atoms with Gasteiger partial charge in [0.15, 0.2) is 0 Å². The Morgan fingerprint density at radius 1 is 1.37 bits per heavy atom. The summed E-state index contributed by atoms with van der Waals surface area (Å²) in [7, 11) is 1.83. The normalized spacial score (nSPS) is 15.1. The topological polar surface area (TPSA) is 45.5 Å². The van der Waals surface area contributed by atoms with Gasteiger partial charge in [-0.05, 0) is 31.0 Å². The summed E-state index contributed by atoms with van der Waals surface area (Å²) in [4.78, 5) is 14.1. The number of aryl methyl sites for hydroxylation is 1. The van der Waals surface area contributed by atoms with Gasteiger partial charge in [0.1, 0.15) is 5.69 Å². The van der Waals surface area contributed by atoms with E-state index in [0.717, 1.165) is 35.1 Å². The second-order valence-corrected chi connectivity index (χ2v) is 5.20. The molecule has 1 amide bonds. The monoisotopic (exact) mass is 258 g/mol. The van der Waals surface area contributed by atoms with Crippen molar-refractivity contribution < 1.29 is 9.90 Å². The quantitative estimate of drug-likeness (QED) is 0.888. The van der Waals surface area contributed by atoms with Crippen LogP contribution in [0.4, 0.5) is 0 Å². The molecule has 100 valence electrons. The maximum atomic E-state index is 12.4. The molecule has 0 fully saturated rings. The molecule has 0 spiro atoms. The number of aromatic nitrogens is 1. The Labute approximate surface area is 112 Å². The molecule has 0 unspecified atom stereocenters. The van der Waals surface area contributed by atoms with Gasteiger partial charge in [-0.3, -0.25) is 4.79 Å².